The molecule has 0 bridgehead atoms. The first-order chi connectivity index (χ1) is 7.84. The fraction of sp³-hybridized carbons (Fsp3) is 0.692. The van der Waals surface area contributed by atoms with E-state index in [9.17, 15) is 0 Å². The van der Waals surface area contributed by atoms with Crippen LogP contribution >= 0.6 is 0 Å². The van der Waals surface area contributed by atoms with Crippen molar-refractivity contribution < 1.29 is 9.47 Å². The molecule has 3 heteroatoms. The SMILES string of the molecule is COCCNCC/C=C(/C)C1=CCCCO1. The number of rotatable bonds is 7. The summed E-state index contributed by atoms with van der Waals surface area (Å²) in [6, 6.07) is 0. The van der Waals surface area contributed by atoms with E-state index in [0.717, 1.165) is 51.3 Å². The molecule has 0 aromatic rings. The van der Waals surface area contributed by atoms with Crippen molar-refractivity contribution in [3.05, 3.63) is 23.5 Å². The Morgan fingerprint density at radius 3 is 3.12 bits per heavy atom. The average Bonchev–Trinajstić information content (AvgIpc) is 2.34. The molecule has 16 heavy (non-hydrogen) atoms. The summed E-state index contributed by atoms with van der Waals surface area (Å²) in [7, 11) is 1.72. The lowest BCUT2D eigenvalue weighted by Crippen LogP contribution is -2.19. The summed E-state index contributed by atoms with van der Waals surface area (Å²) in [5.41, 5.74) is 1.26. The molecular weight excluding hydrogens is 202 g/mol. The van der Waals surface area contributed by atoms with Gasteiger partial charge in [-0.1, -0.05) is 6.08 Å². The van der Waals surface area contributed by atoms with E-state index in [-0.39, 0.29) is 0 Å². The number of methoxy groups -OCH3 is 1. The zero-order valence-electron chi connectivity index (χ0n) is 10.4. The van der Waals surface area contributed by atoms with Gasteiger partial charge in [-0.3, -0.25) is 0 Å². The maximum Gasteiger partial charge on any atom is 0.117 e. The molecule has 0 unspecified atom stereocenters. The molecule has 1 rings (SSSR count). The van der Waals surface area contributed by atoms with Gasteiger partial charge in [0.1, 0.15) is 5.76 Å². The van der Waals surface area contributed by atoms with Crippen LogP contribution in [0.1, 0.15) is 26.2 Å². The van der Waals surface area contributed by atoms with E-state index in [0.29, 0.717) is 0 Å². The van der Waals surface area contributed by atoms with E-state index in [1.165, 1.54) is 5.57 Å². The Kier molecular flexibility index (Phi) is 6.93. The Morgan fingerprint density at radius 1 is 1.56 bits per heavy atom. The topological polar surface area (TPSA) is 30.5 Å². The van der Waals surface area contributed by atoms with E-state index in [1.54, 1.807) is 7.11 Å². The van der Waals surface area contributed by atoms with Crippen molar-refractivity contribution in [2.45, 2.75) is 26.2 Å². The van der Waals surface area contributed by atoms with E-state index in [2.05, 4.69) is 24.4 Å². The minimum Gasteiger partial charge on any atom is -0.494 e. The molecule has 0 radical (unpaired) electrons. The van der Waals surface area contributed by atoms with Crippen LogP contribution in [-0.4, -0.2) is 33.4 Å². The lowest BCUT2D eigenvalue weighted by molar-refractivity contribution is 0.199. The fourth-order valence-corrected chi connectivity index (χ4v) is 1.62. The van der Waals surface area contributed by atoms with Crippen LogP contribution in [0, 0.1) is 0 Å². The standard InChI is InChI=1S/C13H23NO2/c1-12(13-7-3-4-10-16-13)6-5-8-14-9-11-15-2/h6-7,14H,3-5,8-11H2,1-2H3/b12-6-. The molecule has 1 heterocycles. The Hall–Kier alpha value is -0.800. The van der Waals surface area contributed by atoms with Crippen LogP contribution in [0.3, 0.4) is 0 Å². The van der Waals surface area contributed by atoms with Gasteiger partial charge in [-0.05, 0) is 44.4 Å². The van der Waals surface area contributed by atoms with Gasteiger partial charge in [0.05, 0.1) is 13.2 Å². The van der Waals surface area contributed by atoms with Crippen molar-refractivity contribution in [1.29, 1.82) is 0 Å². The third kappa shape index (κ3) is 5.33. The summed E-state index contributed by atoms with van der Waals surface area (Å²) in [4.78, 5) is 0. The first kappa shape index (κ1) is 13.3. The molecule has 0 saturated heterocycles. The van der Waals surface area contributed by atoms with Crippen molar-refractivity contribution in [2.75, 3.05) is 33.4 Å². The summed E-state index contributed by atoms with van der Waals surface area (Å²) in [5.74, 6) is 1.07. The zero-order chi connectivity index (χ0) is 11.6. The number of nitrogens with one attached hydrogen (secondary N) is 1. The van der Waals surface area contributed by atoms with Crippen molar-refractivity contribution >= 4 is 0 Å². The maximum atomic E-state index is 5.59. The fourth-order valence-electron chi connectivity index (χ4n) is 1.62. The lowest BCUT2D eigenvalue weighted by atomic mass is 10.1. The van der Waals surface area contributed by atoms with Gasteiger partial charge >= 0.3 is 0 Å². The second kappa shape index (κ2) is 8.36. The van der Waals surface area contributed by atoms with Crippen molar-refractivity contribution in [3.8, 4) is 0 Å². The van der Waals surface area contributed by atoms with Crippen LogP contribution in [0.5, 0.6) is 0 Å². The second-order valence-electron chi connectivity index (χ2n) is 3.98. The van der Waals surface area contributed by atoms with Gasteiger partial charge in [0.2, 0.25) is 0 Å². The van der Waals surface area contributed by atoms with E-state index in [1.807, 2.05) is 0 Å². The normalized spacial score (nSPS) is 16.9. The van der Waals surface area contributed by atoms with Crippen molar-refractivity contribution in [1.82, 2.24) is 5.32 Å². The Labute approximate surface area is 98.5 Å². The molecule has 0 aliphatic carbocycles. The van der Waals surface area contributed by atoms with Gasteiger partial charge in [-0.25, -0.2) is 0 Å². The first-order valence-corrected chi connectivity index (χ1v) is 6.04. The molecule has 3 nitrogen and oxygen atoms in total. The van der Waals surface area contributed by atoms with E-state index in [4.69, 9.17) is 9.47 Å². The van der Waals surface area contributed by atoms with Crippen LogP contribution < -0.4 is 5.32 Å². The van der Waals surface area contributed by atoms with Gasteiger partial charge < -0.3 is 14.8 Å². The highest BCUT2D eigenvalue weighted by molar-refractivity contribution is 5.24. The number of ether oxygens (including phenoxy) is 2. The van der Waals surface area contributed by atoms with E-state index >= 15 is 0 Å². The van der Waals surface area contributed by atoms with Crippen LogP contribution in [0.25, 0.3) is 0 Å². The molecule has 0 spiro atoms. The molecule has 0 aromatic carbocycles. The molecule has 0 saturated carbocycles. The summed E-state index contributed by atoms with van der Waals surface area (Å²) in [5, 5.41) is 3.31. The summed E-state index contributed by atoms with van der Waals surface area (Å²) < 4.78 is 10.5. The van der Waals surface area contributed by atoms with Crippen LogP contribution in [0.2, 0.25) is 0 Å². The Morgan fingerprint density at radius 2 is 2.44 bits per heavy atom. The monoisotopic (exact) mass is 225 g/mol. The van der Waals surface area contributed by atoms with Crippen molar-refractivity contribution in [2.24, 2.45) is 0 Å². The second-order valence-corrected chi connectivity index (χ2v) is 3.98. The van der Waals surface area contributed by atoms with Crippen LogP contribution in [0.15, 0.2) is 23.5 Å². The molecule has 1 aliphatic heterocycles. The van der Waals surface area contributed by atoms with Gasteiger partial charge in [-0.15, -0.1) is 0 Å². The summed E-state index contributed by atoms with van der Waals surface area (Å²) in [6.45, 7) is 5.67. The smallest absolute Gasteiger partial charge is 0.117 e. The Balaban J connectivity index is 2.15. The predicted molar refractivity (Wildman–Crippen MR) is 66.4 cm³/mol. The van der Waals surface area contributed by atoms with Gasteiger partial charge in [-0.2, -0.15) is 0 Å². The number of hydrogen-bond acceptors (Lipinski definition) is 3. The first-order valence-electron chi connectivity index (χ1n) is 6.04. The highest BCUT2D eigenvalue weighted by atomic mass is 16.5. The molecule has 0 fully saturated rings. The van der Waals surface area contributed by atoms with E-state index < -0.39 is 0 Å². The quantitative estimate of drug-likeness (QED) is 0.674. The molecule has 0 atom stereocenters. The largest absolute Gasteiger partial charge is 0.494 e. The molecule has 1 N–H and O–H groups in total. The minimum atomic E-state index is 0.775. The van der Waals surface area contributed by atoms with Crippen LogP contribution in [-0.2, 0) is 9.47 Å². The van der Waals surface area contributed by atoms with Crippen molar-refractivity contribution in [3.63, 3.8) is 0 Å². The molecule has 0 amide bonds. The third-order valence-corrected chi connectivity index (χ3v) is 2.58. The summed E-state index contributed by atoms with van der Waals surface area (Å²) in [6.07, 6.45) is 7.75. The minimum absolute atomic E-state index is 0.775. The van der Waals surface area contributed by atoms with Gasteiger partial charge in [0.15, 0.2) is 0 Å². The van der Waals surface area contributed by atoms with Gasteiger partial charge in [0, 0.05) is 13.7 Å². The summed E-state index contributed by atoms with van der Waals surface area (Å²) >= 11 is 0. The molecule has 1 aliphatic rings. The highest BCUT2D eigenvalue weighted by Gasteiger charge is 2.05. The predicted octanol–water partition coefficient (Wildman–Crippen LogP) is 2.25. The highest BCUT2D eigenvalue weighted by Crippen LogP contribution is 2.17. The third-order valence-electron chi connectivity index (χ3n) is 2.58. The number of hydrogen-bond donors (Lipinski definition) is 1. The van der Waals surface area contributed by atoms with Gasteiger partial charge in [0.25, 0.3) is 0 Å². The molecule has 0 aromatic heterocycles. The lowest BCUT2D eigenvalue weighted by Gasteiger charge is -2.15. The molecule has 92 valence electrons. The zero-order valence-corrected chi connectivity index (χ0v) is 10.4. The average molecular weight is 225 g/mol. The Bertz CT molecular complexity index is 246. The molecular formula is C13H23NO2. The van der Waals surface area contributed by atoms with Crippen LogP contribution in [0.4, 0.5) is 0 Å². The number of allylic oxidation sites excluding steroid dienone is 2. The maximum absolute atomic E-state index is 5.59.